The summed E-state index contributed by atoms with van der Waals surface area (Å²) < 4.78 is 20.8. The third kappa shape index (κ3) is 5.28. The molecule has 2 aliphatic rings. The summed E-state index contributed by atoms with van der Waals surface area (Å²) in [5.41, 5.74) is 0.840. The van der Waals surface area contributed by atoms with Gasteiger partial charge in [0, 0.05) is 55.5 Å². The zero-order valence-corrected chi connectivity index (χ0v) is 16.2. The minimum absolute atomic E-state index is 0. The van der Waals surface area contributed by atoms with Gasteiger partial charge >= 0.3 is 0 Å². The number of halogens is 4. The molecule has 2 heterocycles. The fourth-order valence-corrected chi connectivity index (χ4v) is 3.82. The third-order valence-corrected chi connectivity index (χ3v) is 5.03. The van der Waals surface area contributed by atoms with E-state index in [9.17, 15) is 4.39 Å². The Labute approximate surface area is 158 Å². The first-order valence-electron chi connectivity index (χ1n) is 7.73. The molecule has 0 saturated carbocycles. The molecule has 1 atom stereocenters. The Hall–Kier alpha value is 0.0900. The molecular formula is C16H24BrCl2FN2O. The lowest BCUT2D eigenvalue weighted by atomic mass is 9.85. The maximum absolute atomic E-state index is 14.5. The van der Waals surface area contributed by atoms with Gasteiger partial charge in [0.1, 0.15) is 5.82 Å². The predicted molar refractivity (Wildman–Crippen MR) is 99.3 cm³/mol. The van der Waals surface area contributed by atoms with Crippen LogP contribution >= 0.6 is 40.7 Å². The Kier molecular flexibility index (Phi) is 9.34. The smallest absolute Gasteiger partial charge is 0.129 e. The van der Waals surface area contributed by atoms with E-state index in [2.05, 4.69) is 26.1 Å². The predicted octanol–water partition coefficient (Wildman–Crippen LogP) is 3.80. The van der Waals surface area contributed by atoms with Crippen molar-refractivity contribution in [2.75, 3.05) is 39.4 Å². The molecule has 2 saturated heterocycles. The molecule has 0 aliphatic carbocycles. The van der Waals surface area contributed by atoms with Crippen LogP contribution in [-0.2, 0) is 4.74 Å². The standard InChI is InChI=1S/C16H22BrFN2O.2ClH/c17-13-1-2-14(15(18)11-13)16(12-3-9-21-10-4-12)20-7-5-19-6-8-20;;/h1-2,11-12,16,19H,3-10H2;2*1H/t16-;;/m1../s1. The average Bonchev–Trinajstić information content (AvgIpc) is 2.52. The Morgan fingerprint density at radius 2 is 1.83 bits per heavy atom. The van der Waals surface area contributed by atoms with Crippen LogP contribution in [0.4, 0.5) is 4.39 Å². The van der Waals surface area contributed by atoms with Crippen molar-refractivity contribution in [1.29, 1.82) is 0 Å². The maximum Gasteiger partial charge on any atom is 0.129 e. The van der Waals surface area contributed by atoms with E-state index in [0.29, 0.717) is 5.92 Å². The molecule has 23 heavy (non-hydrogen) atoms. The summed E-state index contributed by atoms with van der Waals surface area (Å²) in [5.74, 6) is 0.381. The minimum atomic E-state index is -0.0978. The van der Waals surface area contributed by atoms with Gasteiger partial charge in [-0.15, -0.1) is 24.8 Å². The Morgan fingerprint density at radius 1 is 1.17 bits per heavy atom. The summed E-state index contributed by atoms with van der Waals surface area (Å²) in [6, 6.07) is 5.65. The molecule has 2 fully saturated rings. The molecule has 3 rings (SSSR count). The summed E-state index contributed by atoms with van der Waals surface area (Å²) in [6.07, 6.45) is 2.04. The SMILES string of the molecule is Cl.Cl.Fc1cc(Br)ccc1[C@@H](C1CCOCC1)N1CCNCC1. The number of ether oxygens (including phenoxy) is 1. The van der Waals surface area contributed by atoms with Gasteiger partial charge in [-0.05, 0) is 30.9 Å². The van der Waals surface area contributed by atoms with E-state index in [4.69, 9.17) is 4.74 Å². The minimum Gasteiger partial charge on any atom is -0.381 e. The first-order chi connectivity index (χ1) is 10.3. The van der Waals surface area contributed by atoms with Crippen LogP contribution in [0.15, 0.2) is 22.7 Å². The van der Waals surface area contributed by atoms with E-state index >= 15 is 0 Å². The lowest BCUT2D eigenvalue weighted by Crippen LogP contribution is -2.47. The molecule has 0 amide bonds. The van der Waals surface area contributed by atoms with Crippen molar-refractivity contribution in [1.82, 2.24) is 10.2 Å². The van der Waals surface area contributed by atoms with Gasteiger partial charge in [-0.3, -0.25) is 4.90 Å². The van der Waals surface area contributed by atoms with Gasteiger partial charge in [0.2, 0.25) is 0 Å². The summed E-state index contributed by atoms with van der Waals surface area (Å²) in [4.78, 5) is 2.44. The molecule has 0 aromatic heterocycles. The number of rotatable bonds is 3. The lowest BCUT2D eigenvalue weighted by molar-refractivity contribution is 0.0203. The molecule has 3 nitrogen and oxygen atoms in total. The molecular weight excluding hydrogens is 406 g/mol. The summed E-state index contributed by atoms with van der Waals surface area (Å²) in [5, 5.41) is 3.38. The molecule has 2 aliphatic heterocycles. The molecule has 0 unspecified atom stereocenters. The lowest BCUT2D eigenvalue weighted by Gasteiger charge is -2.41. The first kappa shape index (κ1) is 21.1. The van der Waals surface area contributed by atoms with Crippen molar-refractivity contribution >= 4 is 40.7 Å². The second kappa shape index (κ2) is 10.2. The van der Waals surface area contributed by atoms with Gasteiger partial charge in [0.05, 0.1) is 0 Å². The Morgan fingerprint density at radius 3 is 2.43 bits per heavy atom. The van der Waals surface area contributed by atoms with E-state index in [1.54, 1.807) is 6.07 Å². The molecule has 1 aromatic carbocycles. The zero-order valence-electron chi connectivity index (χ0n) is 13.0. The van der Waals surface area contributed by atoms with Crippen LogP contribution in [0.1, 0.15) is 24.4 Å². The highest BCUT2D eigenvalue weighted by Crippen LogP contribution is 2.37. The monoisotopic (exact) mass is 428 g/mol. The highest BCUT2D eigenvalue weighted by Gasteiger charge is 2.32. The average molecular weight is 430 g/mol. The van der Waals surface area contributed by atoms with Crippen molar-refractivity contribution in [2.24, 2.45) is 5.92 Å². The fourth-order valence-electron chi connectivity index (χ4n) is 3.48. The quantitative estimate of drug-likeness (QED) is 0.790. The second-order valence-electron chi connectivity index (χ2n) is 5.85. The number of nitrogens with zero attached hydrogens (tertiary/aromatic N) is 1. The third-order valence-electron chi connectivity index (χ3n) is 4.54. The number of hydrogen-bond acceptors (Lipinski definition) is 3. The summed E-state index contributed by atoms with van der Waals surface area (Å²) in [6.45, 7) is 5.53. The van der Waals surface area contributed by atoms with Crippen molar-refractivity contribution < 1.29 is 9.13 Å². The molecule has 1 aromatic rings. The van der Waals surface area contributed by atoms with Crippen molar-refractivity contribution in [3.05, 3.63) is 34.1 Å². The van der Waals surface area contributed by atoms with Crippen molar-refractivity contribution in [3.63, 3.8) is 0 Å². The van der Waals surface area contributed by atoms with E-state index in [1.165, 1.54) is 0 Å². The maximum atomic E-state index is 14.5. The van der Waals surface area contributed by atoms with Gasteiger partial charge in [-0.1, -0.05) is 22.0 Å². The van der Waals surface area contributed by atoms with Gasteiger partial charge in [0.25, 0.3) is 0 Å². The largest absolute Gasteiger partial charge is 0.381 e. The zero-order chi connectivity index (χ0) is 14.7. The molecule has 1 N–H and O–H groups in total. The van der Waals surface area contributed by atoms with Crippen LogP contribution in [0, 0.1) is 11.7 Å². The van der Waals surface area contributed by atoms with E-state index in [0.717, 1.165) is 62.3 Å². The van der Waals surface area contributed by atoms with Gasteiger partial charge in [-0.25, -0.2) is 4.39 Å². The molecule has 0 spiro atoms. The van der Waals surface area contributed by atoms with Crippen LogP contribution in [0.5, 0.6) is 0 Å². The number of hydrogen-bond donors (Lipinski definition) is 1. The number of nitrogens with one attached hydrogen (secondary N) is 1. The molecule has 0 radical (unpaired) electrons. The van der Waals surface area contributed by atoms with Crippen LogP contribution in [-0.4, -0.2) is 44.3 Å². The van der Waals surface area contributed by atoms with Gasteiger partial charge in [0.15, 0.2) is 0 Å². The van der Waals surface area contributed by atoms with Crippen LogP contribution in [0.3, 0.4) is 0 Å². The van der Waals surface area contributed by atoms with E-state index in [1.807, 2.05) is 12.1 Å². The topological polar surface area (TPSA) is 24.5 Å². The summed E-state index contributed by atoms with van der Waals surface area (Å²) in [7, 11) is 0. The second-order valence-corrected chi connectivity index (χ2v) is 6.76. The summed E-state index contributed by atoms with van der Waals surface area (Å²) >= 11 is 3.35. The highest BCUT2D eigenvalue weighted by molar-refractivity contribution is 9.10. The van der Waals surface area contributed by atoms with Crippen LogP contribution in [0.25, 0.3) is 0 Å². The molecule has 132 valence electrons. The Balaban J connectivity index is 0.00000132. The van der Waals surface area contributed by atoms with Gasteiger partial charge in [-0.2, -0.15) is 0 Å². The first-order valence-corrected chi connectivity index (χ1v) is 8.52. The number of benzene rings is 1. The molecule has 7 heteroatoms. The normalized spacial score (nSPS) is 21.1. The highest BCUT2D eigenvalue weighted by atomic mass is 79.9. The fraction of sp³-hybridized carbons (Fsp3) is 0.625. The molecule has 0 bridgehead atoms. The van der Waals surface area contributed by atoms with Gasteiger partial charge < -0.3 is 10.1 Å². The van der Waals surface area contributed by atoms with Crippen molar-refractivity contribution in [2.45, 2.75) is 18.9 Å². The number of piperazine rings is 1. The van der Waals surface area contributed by atoms with Crippen LogP contribution in [0.2, 0.25) is 0 Å². The Bertz CT molecular complexity index is 465. The van der Waals surface area contributed by atoms with Crippen molar-refractivity contribution in [3.8, 4) is 0 Å². The van der Waals surface area contributed by atoms with E-state index < -0.39 is 0 Å². The van der Waals surface area contributed by atoms with Crippen LogP contribution < -0.4 is 5.32 Å². The van der Waals surface area contributed by atoms with E-state index in [-0.39, 0.29) is 36.7 Å².